The van der Waals surface area contributed by atoms with Crippen LogP contribution in [0.3, 0.4) is 0 Å². The van der Waals surface area contributed by atoms with E-state index in [1.54, 1.807) is 4.90 Å². The van der Waals surface area contributed by atoms with Gasteiger partial charge in [-0.1, -0.05) is 39.9 Å². The van der Waals surface area contributed by atoms with Gasteiger partial charge >= 0.3 is 0 Å². The summed E-state index contributed by atoms with van der Waals surface area (Å²) in [5, 5.41) is 0. The van der Waals surface area contributed by atoms with Gasteiger partial charge < -0.3 is 10.6 Å². The van der Waals surface area contributed by atoms with E-state index in [4.69, 9.17) is 18.0 Å². The lowest BCUT2D eigenvalue weighted by Gasteiger charge is -2.19. The number of amides is 1. The van der Waals surface area contributed by atoms with Gasteiger partial charge in [0.2, 0.25) is 5.91 Å². The minimum Gasteiger partial charge on any atom is -0.389 e. The van der Waals surface area contributed by atoms with Crippen molar-refractivity contribution < 1.29 is 4.79 Å². The number of hydrogen-bond donors (Lipinski definition) is 1. The summed E-state index contributed by atoms with van der Waals surface area (Å²) >= 11 is 4.93. The number of anilines is 1. The summed E-state index contributed by atoms with van der Waals surface area (Å²) in [5.41, 5.74) is 7.37. The number of hydrogen-bond acceptors (Lipinski definition) is 2. The predicted molar refractivity (Wildman–Crippen MR) is 86.8 cm³/mol. The lowest BCUT2D eigenvalue weighted by atomic mass is 10.0. The van der Waals surface area contributed by atoms with Gasteiger partial charge in [0.1, 0.15) is 4.99 Å². The second-order valence-electron chi connectivity index (χ2n) is 6.68. The van der Waals surface area contributed by atoms with E-state index in [0.29, 0.717) is 4.99 Å². The zero-order valence-electron chi connectivity index (χ0n) is 12.7. The maximum atomic E-state index is 12.6. The van der Waals surface area contributed by atoms with E-state index in [9.17, 15) is 4.79 Å². The largest absolute Gasteiger partial charge is 0.389 e. The van der Waals surface area contributed by atoms with Gasteiger partial charge in [0.15, 0.2) is 0 Å². The summed E-state index contributed by atoms with van der Waals surface area (Å²) in [7, 11) is 1.82. The minimum atomic E-state index is 0.0527. The van der Waals surface area contributed by atoms with Crippen LogP contribution in [0, 0.1) is 16.7 Å². The van der Waals surface area contributed by atoms with Crippen molar-refractivity contribution in [2.24, 2.45) is 22.5 Å². The second-order valence-corrected chi connectivity index (χ2v) is 7.12. The third-order valence-electron chi connectivity index (χ3n) is 5.14. The summed E-state index contributed by atoms with van der Waals surface area (Å²) in [6.45, 7) is 8.61. The first kappa shape index (κ1) is 15.0. The maximum Gasteiger partial charge on any atom is 0.230 e. The molecule has 2 N–H and O–H groups in total. The molecular formula is C16H22N2OS. The van der Waals surface area contributed by atoms with Crippen LogP contribution in [0.25, 0.3) is 0 Å². The zero-order chi connectivity index (χ0) is 15.3. The van der Waals surface area contributed by atoms with E-state index in [-0.39, 0.29) is 22.7 Å². The number of rotatable bonds is 3. The highest BCUT2D eigenvalue weighted by Crippen LogP contribution is 2.68. The zero-order valence-corrected chi connectivity index (χ0v) is 13.5. The van der Waals surface area contributed by atoms with E-state index < -0.39 is 0 Å². The van der Waals surface area contributed by atoms with Crippen molar-refractivity contribution in [3.8, 4) is 0 Å². The molecule has 0 aliphatic heterocycles. The lowest BCUT2D eigenvalue weighted by Crippen LogP contribution is -2.30. The first-order valence-corrected chi connectivity index (χ1v) is 7.19. The summed E-state index contributed by atoms with van der Waals surface area (Å²) in [6, 6.07) is 7.47. The van der Waals surface area contributed by atoms with Crippen LogP contribution in [0.1, 0.15) is 33.3 Å². The Hall–Kier alpha value is -1.42. The monoisotopic (exact) mass is 290 g/mol. The number of nitrogens with zero attached hydrogens (tertiary/aromatic N) is 1. The first-order chi connectivity index (χ1) is 9.10. The minimum absolute atomic E-state index is 0.0527. The molecule has 1 aliphatic carbocycles. The Kier molecular flexibility index (Phi) is 3.41. The Labute approximate surface area is 126 Å². The molecule has 4 heteroatoms. The summed E-state index contributed by atoms with van der Waals surface area (Å²) in [4.78, 5) is 14.7. The molecule has 0 radical (unpaired) electrons. The molecule has 0 bridgehead atoms. The van der Waals surface area contributed by atoms with Crippen LogP contribution >= 0.6 is 12.2 Å². The highest BCUT2D eigenvalue weighted by molar-refractivity contribution is 7.80. The van der Waals surface area contributed by atoms with Gasteiger partial charge in [0, 0.05) is 24.2 Å². The van der Waals surface area contributed by atoms with Gasteiger partial charge in [-0.2, -0.15) is 0 Å². The van der Waals surface area contributed by atoms with Gasteiger partial charge in [0.25, 0.3) is 0 Å². The molecule has 0 unspecified atom stereocenters. The van der Waals surface area contributed by atoms with Crippen LogP contribution in [0.15, 0.2) is 24.3 Å². The fourth-order valence-electron chi connectivity index (χ4n) is 2.98. The Morgan fingerprint density at radius 2 is 1.60 bits per heavy atom. The number of benzene rings is 1. The molecule has 0 aromatic heterocycles. The first-order valence-electron chi connectivity index (χ1n) is 6.78. The van der Waals surface area contributed by atoms with Crippen molar-refractivity contribution >= 4 is 28.8 Å². The second kappa shape index (κ2) is 4.55. The van der Waals surface area contributed by atoms with Crippen LogP contribution < -0.4 is 10.6 Å². The van der Waals surface area contributed by atoms with Crippen LogP contribution in [0.4, 0.5) is 5.69 Å². The van der Waals surface area contributed by atoms with Crippen LogP contribution in [-0.4, -0.2) is 17.9 Å². The van der Waals surface area contributed by atoms with Crippen molar-refractivity contribution in [3.63, 3.8) is 0 Å². The fourth-order valence-corrected chi connectivity index (χ4v) is 3.12. The quantitative estimate of drug-likeness (QED) is 0.871. The van der Waals surface area contributed by atoms with E-state index in [0.717, 1.165) is 11.3 Å². The van der Waals surface area contributed by atoms with E-state index in [1.165, 1.54) is 0 Å². The lowest BCUT2D eigenvalue weighted by molar-refractivity contribution is -0.120. The van der Waals surface area contributed by atoms with Gasteiger partial charge in [0.05, 0.1) is 0 Å². The third-order valence-corrected chi connectivity index (χ3v) is 5.37. The van der Waals surface area contributed by atoms with Crippen LogP contribution in [0.5, 0.6) is 0 Å². The molecule has 0 heterocycles. The molecule has 108 valence electrons. The summed E-state index contributed by atoms with van der Waals surface area (Å²) < 4.78 is 0. The molecule has 1 aromatic rings. The summed E-state index contributed by atoms with van der Waals surface area (Å²) in [6.07, 6.45) is 0. The van der Waals surface area contributed by atoms with E-state index in [2.05, 4.69) is 27.7 Å². The molecule has 0 spiro atoms. The highest BCUT2D eigenvalue weighted by Gasteiger charge is 2.68. The molecule has 1 amide bonds. The smallest absolute Gasteiger partial charge is 0.230 e. The Morgan fingerprint density at radius 3 is 1.95 bits per heavy atom. The SMILES string of the molecule is CN(C(=O)C1C(C)(C)C1(C)C)c1ccc(C(N)=S)cc1. The Bertz CT molecular complexity index is 546. The standard InChI is InChI=1S/C16H22N2OS/c1-15(2)12(16(15,3)4)14(19)18(5)11-8-6-10(7-9-11)13(17)20/h6-9,12H,1-5H3,(H2,17,20). The fraction of sp³-hybridized carbons (Fsp3) is 0.500. The van der Waals surface area contributed by atoms with Gasteiger partial charge in [-0.15, -0.1) is 0 Å². The number of nitrogens with two attached hydrogens (primary N) is 1. The van der Waals surface area contributed by atoms with Crippen molar-refractivity contribution in [1.29, 1.82) is 0 Å². The maximum absolute atomic E-state index is 12.6. The Morgan fingerprint density at radius 1 is 1.15 bits per heavy atom. The van der Waals surface area contributed by atoms with E-state index >= 15 is 0 Å². The average Bonchev–Trinajstić information content (AvgIpc) is 2.78. The normalized spacial score (nSPS) is 19.4. The van der Waals surface area contributed by atoms with Crippen molar-refractivity contribution in [3.05, 3.63) is 29.8 Å². The Balaban J connectivity index is 2.18. The number of thiocarbonyl (C=S) groups is 1. The number of carbonyl (C=O) groups is 1. The molecule has 3 nitrogen and oxygen atoms in total. The third kappa shape index (κ3) is 2.12. The molecule has 20 heavy (non-hydrogen) atoms. The molecule has 0 saturated heterocycles. The summed E-state index contributed by atoms with van der Waals surface area (Å²) in [5.74, 6) is 0.235. The average molecular weight is 290 g/mol. The van der Waals surface area contributed by atoms with Gasteiger partial charge in [-0.3, -0.25) is 4.79 Å². The topological polar surface area (TPSA) is 46.3 Å². The molecule has 1 aliphatic rings. The molecule has 2 rings (SSSR count). The van der Waals surface area contributed by atoms with Crippen molar-refractivity contribution in [2.45, 2.75) is 27.7 Å². The number of carbonyl (C=O) groups excluding carboxylic acids is 1. The molecule has 0 atom stereocenters. The molecule has 1 fully saturated rings. The van der Waals surface area contributed by atoms with Gasteiger partial charge in [-0.25, -0.2) is 0 Å². The molecule has 1 saturated carbocycles. The van der Waals surface area contributed by atoms with E-state index in [1.807, 2.05) is 31.3 Å². The van der Waals surface area contributed by atoms with Crippen molar-refractivity contribution in [1.82, 2.24) is 0 Å². The van der Waals surface area contributed by atoms with Crippen LogP contribution in [0.2, 0.25) is 0 Å². The molecular weight excluding hydrogens is 268 g/mol. The highest BCUT2D eigenvalue weighted by atomic mass is 32.1. The van der Waals surface area contributed by atoms with Crippen molar-refractivity contribution in [2.75, 3.05) is 11.9 Å². The van der Waals surface area contributed by atoms with Gasteiger partial charge in [-0.05, 0) is 35.1 Å². The molecule has 1 aromatic carbocycles. The predicted octanol–water partition coefficient (Wildman–Crippen LogP) is 2.97. The van der Waals surface area contributed by atoms with Crippen LogP contribution in [-0.2, 0) is 4.79 Å².